The van der Waals surface area contributed by atoms with Crippen molar-refractivity contribution in [2.75, 3.05) is 0 Å². The van der Waals surface area contributed by atoms with Gasteiger partial charge in [-0.2, -0.15) is 5.26 Å². The predicted octanol–water partition coefficient (Wildman–Crippen LogP) is 2.39. The maximum absolute atomic E-state index is 8.80. The van der Waals surface area contributed by atoms with E-state index in [1.807, 2.05) is 13.8 Å². The highest BCUT2D eigenvalue weighted by molar-refractivity contribution is 5.21. The normalized spacial score (nSPS) is 11.0. The number of aryl methyl sites for hydroxylation is 1. The van der Waals surface area contributed by atoms with Crippen molar-refractivity contribution in [3.8, 4) is 6.07 Å². The topological polar surface area (TPSA) is 35.8 Å². The van der Waals surface area contributed by atoms with Gasteiger partial charge in [-0.15, -0.1) is 0 Å². The van der Waals surface area contributed by atoms with Gasteiger partial charge < -0.3 is 0 Å². The fourth-order valence-corrected chi connectivity index (χ4v) is 1.07. The number of hydrogen-bond acceptors (Lipinski definition) is 2. The van der Waals surface area contributed by atoms with Gasteiger partial charge in [0, 0.05) is 6.54 Å². The molecule has 0 unspecified atom stereocenters. The number of hydrogen-bond donors (Lipinski definition) is 1. The first kappa shape index (κ1) is 10.7. The van der Waals surface area contributed by atoms with E-state index in [4.69, 9.17) is 5.26 Å². The third-order valence-corrected chi connectivity index (χ3v) is 2.13. The molecule has 14 heavy (non-hydrogen) atoms. The minimum Gasteiger partial charge on any atom is -0.296 e. The van der Waals surface area contributed by atoms with Crippen molar-refractivity contribution in [3.05, 3.63) is 35.4 Å². The molecule has 0 saturated heterocycles. The highest BCUT2D eigenvalue weighted by atomic mass is 14.9. The second-order valence-electron chi connectivity index (χ2n) is 4.08. The second kappa shape index (κ2) is 4.26. The molecule has 0 aliphatic carbocycles. The van der Waals surface area contributed by atoms with Crippen LogP contribution < -0.4 is 5.32 Å². The van der Waals surface area contributed by atoms with Crippen molar-refractivity contribution < 1.29 is 0 Å². The van der Waals surface area contributed by atoms with Crippen LogP contribution in [-0.4, -0.2) is 5.54 Å². The minimum absolute atomic E-state index is 0.453. The van der Waals surface area contributed by atoms with E-state index in [0.717, 1.165) is 6.54 Å². The molecule has 0 fully saturated rings. The summed E-state index contributed by atoms with van der Waals surface area (Å²) in [7, 11) is 0. The van der Waals surface area contributed by atoms with Crippen LogP contribution in [-0.2, 0) is 6.54 Å². The first-order valence-electron chi connectivity index (χ1n) is 4.75. The lowest BCUT2D eigenvalue weighted by atomic mass is 10.1. The number of nitrogens with one attached hydrogen (secondary N) is 1. The Hall–Kier alpha value is -1.33. The molecule has 74 valence electrons. The predicted molar refractivity (Wildman–Crippen MR) is 57.7 cm³/mol. The smallest absolute Gasteiger partial charge is 0.101 e. The van der Waals surface area contributed by atoms with Gasteiger partial charge in [-0.3, -0.25) is 5.32 Å². The van der Waals surface area contributed by atoms with Crippen LogP contribution in [0.4, 0.5) is 0 Å². The molecule has 0 aliphatic rings. The van der Waals surface area contributed by atoms with E-state index in [2.05, 4.69) is 42.6 Å². The van der Waals surface area contributed by atoms with E-state index < -0.39 is 5.54 Å². The highest BCUT2D eigenvalue weighted by Crippen LogP contribution is 2.05. The van der Waals surface area contributed by atoms with Crippen LogP contribution in [0.1, 0.15) is 25.0 Å². The van der Waals surface area contributed by atoms with E-state index >= 15 is 0 Å². The van der Waals surface area contributed by atoms with Gasteiger partial charge in [0.1, 0.15) is 5.54 Å². The van der Waals surface area contributed by atoms with Crippen molar-refractivity contribution in [2.45, 2.75) is 32.9 Å². The molecule has 0 bridgehead atoms. The SMILES string of the molecule is Cc1ccc(CNC(C)(C)C#N)cc1. The van der Waals surface area contributed by atoms with Crippen molar-refractivity contribution in [1.29, 1.82) is 5.26 Å². The standard InChI is InChI=1S/C12H16N2/c1-10-4-6-11(7-5-10)8-14-12(2,3)9-13/h4-7,14H,8H2,1-3H3. The van der Waals surface area contributed by atoms with Gasteiger partial charge in [-0.25, -0.2) is 0 Å². The fraction of sp³-hybridized carbons (Fsp3) is 0.417. The molecule has 0 spiro atoms. The van der Waals surface area contributed by atoms with Gasteiger partial charge in [0.2, 0.25) is 0 Å². The minimum atomic E-state index is -0.453. The summed E-state index contributed by atoms with van der Waals surface area (Å²) < 4.78 is 0. The summed E-state index contributed by atoms with van der Waals surface area (Å²) in [4.78, 5) is 0. The van der Waals surface area contributed by atoms with Crippen LogP contribution in [0.15, 0.2) is 24.3 Å². The third kappa shape index (κ3) is 3.20. The largest absolute Gasteiger partial charge is 0.296 e. The summed E-state index contributed by atoms with van der Waals surface area (Å²) in [5.41, 5.74) is 2.01. The molecule has 0 aromatic heterocycles. The Balaban J connectivity index is 2.55. The third-order valence-electron chi connectivity index (χ3n) is 2.13. The molecule has 0 radical (unpaired) electrons. The lowest BCUT2D eigenvalue weighted by Crippen LogP contribution is -2.36. The molecule has 1 N–H and O–H groups in total. The van der Waals surface area contributed by atoms with Gasteiger partial charge >= 0.3 is 0 Å². The summed E-state index contributed by atoms with van der Waals surface area (Å²) in [5.74, 6) is 0. The van der Waals surface area contributed by atoms with E-state index in [1.165, 1.54) is 11.1 Å². The van der Waals surface area contributed by atoms with Gasteiger partial charge in [-0.1, -0.05) is 29.8 Å². The van der Waals surface area contributed by atoms with Gasteiger partial charge in [0.15, 0.2) is 0 Å². The van der Waals surface area contributed by atoms with Crippen LogP contribution in [0.25, 0.3) is 0 Å². The molecule has 0 amide bonds. The molecular formula is C12H16N2. The Morgan fingerprint density at radius 3 is 2.36 bits per heavy atom. The lowest BCUT2D eigenvalue weighted by molar-refractivity contribution is 0.485. The summed E-state index contributed by atoms with van der Waals surface area (Å²) in [6, 6.07) is 10.5. The molecule has 1 aromatic rings. The van der Waals surface area contributed by atoms with Gasteiger partial charge in [0.25, 0.3) is 0 Å². The lowest BCUT2D eigenvalue weighted by Gasteiger charge is -2.17. The van der Waals surface area contributed by atoms with Gasteiger partial charge in [-0.05, 0) is 26.3 Å². The molecule has 1 aromatic carbocycles. The summed E-state index contributed by atoms with van der Waals surface area (Å²) in [6.45, 7) is 6.56. The van der Waals surface area contributed by atoms with Crippen LogP contribution >= 0.6 is 0 Å². The van der Waals surface area contributed by atoms with Crippen molar-refractivity contribution in [3.63, 3.8) is 0 Å². The molecule has 0 saturated carbocycles. The van der Waals surface area contributed by atoms with Gasteiger partial charge in [0.05, 0.1) is 6.07 Å². The van der Waals surface area contributed by atoms with Crippen LogP contribution in [0.5, 0.6) is 0 Å². The maximum Gasteiger partial charge on any atom is 0.101 e. The van der Waals surface area contributed by atoms with Crippen LogP contribution in [0.2, 0.25) is 0 Å². The molecule has 1 rings (SSSR count). The monoisotopic (exact) mass is 188 g/mol. The summed E-state index contributed by atoms with van der Waals surface area (Å²) in [5, 5.41) is 12.0. The molecule has 2 heteroatoms. The Bertz CT molecular complexity index is 330. The number of benzene rings is 1. The number of nitrogens with zero attached hydrogens (tertiary/aromatic N) is 1. The molecule has 0 atom stereocenters. The average molecular weight is 188 g/mol. The van der Waals surface area contributed by atoms with Crippen molar-refractivity contribution in [2.24, 2.45) is 0 Å². The zero-order valence-electron chi connectivity index (χ0n) is 8.96. The molecule has 0 aliphatic heterocycles. The molecular weight excluding hydrogens is 172 g/mol. The maximum atomic E-state index is 8.80. The first-order chi connectivity index (χ1) is 6.53. The summed E-state index contributed by atoms with van der Waals surface area (Å²) >= 11 is 0. The van der Waals surface area contributed by atoms with E-state index in [1.54, 1.807) is 0 Å². The van der Waals surface area contributed by atoms with E-state index in [-0.39, 0.29) is 0 Å². The zero-order valence-corrected chi connectivity index (χ0v) is 8.96. The zero-order chi connectivity index (χ0) is 10.6. The Labute approximate surface area is 85.6 Å². The van der Waals surface area contributed by atoms with Crippen molar-refractivity contribution in [1.82, 2.24) is 5.32 Å². The van der Waals surface area contributed by atoms with E-state index in [0.29, 0.717) is 0 Å². The Kier molecular flexibility index (Phi) is 3.27. The number of rotatable bonds is 3. The van der Waals surface area contributed by atoms with E-state index in [9.17, 15) is 0 Å². The summed E-state index contributed by atoms with van der Waals surface area (Å²) in [6.07, 6.45) is 0. The van der Waals surface area contributed by atoms with Crippen LogP contribution in [0.3, 0.4) is 0 Å². The Morgan fingerprint density at radius 2 is 1.86 bits per heavy atom. The second-order valence-corrected chi connectivity index (χ2v) is 4.08. The van der Waals surface area contributed by atoms with Crippen LogP contribution in [0, 0.1) is 18.3 Å². The highest BCUT2D eigenvalue weighted by Gasteiger charge is 2.14. The fourth-order valence-electron chi connectivity index (χ4n) is 1.07. The average Bonchev–Trinajstić information content (AvgIpc) is 2.17. The quantitative estimate of drug-likeness (QED) is 0.790. The molecule has 0 heterocycles. The first-order valence-corrected chi connectivity index (χ1v) is 4.75. The molecule has 2 nitrogen and oxygen atoms in total. The van der Waals surface area contributed by atoms with Crippen molar-refractivity contribution >= 4 is 0 Å². The Morgan fingerprint density at radius 1 is 1.29 bits per heavy atom. The number of nitriles is 1.